The number of urea groups is 1. The lowest BCUT2D eigenvalue weighted by Crippen LogP contribution is -2.44. The van der Waals surface area contributed by atoms with Gasteiger partial charge in [-0.25, -0.2) is 17.6 Å². The van der Waals surface area contributed by atoms with Crippen LogP contribution in [0.5, 0.6) is 5.75 Å². The van der Waals surface area contributed by atoms with Crippen molar-refractivity contribution in [3.8, 4) is 5.75 Å². The van der Waals surface area contributed by atoms with Crippen molar-refractivity contribution in [3.63, 3.8) is 0 Å². The molecule has 0 atom stereocenters. The Labute approximate surface area is 129 Å². The molecule has 2 N–H and O–H groups in total. The molecule has 1 saturated heterocycles. The highest BCUT2D eigenvalue weighted by molar-refractivity contribution is 7.92. The summed E-state index contributed by atoms with van der Waals surface area (Å²) in [5, 5.41) is 5.18. The van der Waals surface area contributed by atoms with Crippen molar-refractivity contribution >= 4 is 21.6 Å². The van der Waals surface area contributed by atoms with E-state index in [1.54, 1.807) is 0 Å². The fourth-order valence-corrected chi connectivity index (χ4v) is 3.70. The van der Waals surface area contributed by atoms with E-state index in [-0.39, 0.29) is 29.7 Å². The average molecular weight is 330 g/mol. The van der Waals surface area contributed by atoms with E-state index in [4.69, 9.17) is 4.74 Å². The molecule has 1 aromatic carbocycles. The third-order valence-electron chi connectivity index (χ3n) is 3.18. The molecule has 8 heteroatoms. The van der Waals surface area contributed by atoms with Crippen LogP contribution >= 0.6 is 0 Å². The minimum Gasteiger partial charge on any atom is -0.491 e. The molecule has 6 nitrogen and oxygen atoms in total. The van der Waals surface area contributed by atoms with Gasteiger partial charge in [-0.15, -0.1) is 0 Å². The van der Waals surface area contributed by atoms with Crippen LogP contribution in [0.3, 0.4) is 0 Å². The Morgan fingerprint density at radius 1 is 1.41 bits per heavy atom. The van der Waals surface area contributed by atoms with Gasteiger partial charge in [0.1, 0.15) is 11.6 Å². The molecule has 1 heterocycles. The van der Waals surface area contributed by atoms with Gasteiger partial charge in [0.05, 0.1) is 23.8 Å². The van der Waals surface area contributed by atoms with Gasteiger partial charge in [0, 0.05) is 18.5 Å². The molecule has 122 valence electrons. The highest BCUT2D eigenvalue weighted by atomic mass is 32.2. The van der Waals surface area contributed by atoms with E-state index >= 15 is 0 Å². The molecule has 0 saturated carbocycles. The monoisotopic (exact) mass is 330 g/mol. The van der Waals surface area contributed by atoms with Gasteiger partial charge in [-0.05, 0) is 18.6 Å². The first-order valence-electron chi connectivity index (χ1n) is 7.07. The minimum atomic E-state index is -2.89. The summed E-state index contributed by atoms with van der Waals surface area (Å²) in [4.78, 5) is 11.8. The fraction of sp³-hybridized carbons (Fsp3) is 0.500. The Hall–Kier alpha value is -1.83. The molecule has 22 heavy (non-hydrogen) atoms. The molecule has 1 fully saturated rings. The van der Waals surface area contributed by atoms with Crippen LogP contribution in [0, 0.1) is 11.7 Å². The third-order valence-corrected chi connectivity index (χ3v) is 5.14. The Bertz CT molecular complexity index is 636. The van der Waals surface area contributed by atoms with Crippen LogP contribution < -0.4 is 15.4 Å². The van der Waals surface area contributed by atoms with E-state index in [0.29, 0.717) is 12.3 Å². The van der Waals surface area contributed by atoms with Crippen molar-refractivity contribution in [1.29, 1.82) is 0 Å². The van der Waals surface area contributed by atoms with Gasteiger partial charge in [-0.3, -0.25) is 0 Å². The van der Waals surface area contributed by atoms with Gasteiger partial charge >= 0.3 is 6.03 Å². The van der Waals surface area contributed by atoms with Gasteiger partial charge in [0.2, 0.25) is 0 Å². The minimum absolute atomic E-state index is 0.0419. The molecular weight excluding hydrogens is 311 g/mol. The highest BCUT2D eigenvalue weighted by Gasteiger charge is 2.33. The molecular formula is C14H19FN2O4S. The number of rotatable bonds is 6. The maximum atomic E-state index is 13.2. The average Bonchev–Trinajstić information content (AvgIpc) is 2.43. The van der Waals surface area contributed by atoms with E-state index in [1.807, 2.05) is 6.92 Å². The molecule has 0 radical (unpaired) electrons. The van der Waals surface area contributed by atoms with Crippen LogP contribution in [-0.2, 0) is 9.84 Å². The normalized spacial score (nSPS) is 16.6. The highest BCUT2D eigenvalue weighted by Crippen LogP contribution is 2.25. The van der Waals surface area contributed by atoms with Crippen LogP contribution in [0.4, 0.5) is 14.9 Å². The van der Waals surface area contributed by atoms with E-state index < -0.39 is 21.7 Å². The van der Waals surface area contributed by atoms with Crippen LogP contribution in [0.25, 0.3) is 0 Å². The summed E-state index contributed by atoms with van der Waals surface area (Å²) in [6.07, 6.45) is 0.762. The number of ether oxygens (including phenoxy) is 1. The number of carbonyl (C=O) groups excluding carboxylic acids is 1. The van der Waals surface area contributed by atoms with Crippen molar-refractivity contribution in [2.24, 2.45) is 5.92 Å². The van der Waals surface area contributed by atoms with Crippen LogP contribution in [0.15, 0.2) is 18.2 Å². The number of hydrogen-bond donors (Lipinski definition) is 2. The summed E-state index contributed by atoms with van der Waals surface area (Å²) >= 11 is 0. The number of nitrogens with one attached hydrogen (secondary N) is 2. The lowest BCUT2D eigenvalue weighted by Gasteiger charge is -2.25. The fourth-order valence-electron chi connectivity index (χ4n) is 2.12. The molecule has 0 aliphatic carbocycles. The SMILES string of the molecule is CCCOc1cc(F)ccc1NC(=O)NCC1CS(=O)(=O)C1. The van der Waals surface area contributed by atoms with Crippen LogP contribution in [-0.4, -0.2) is 39.1 Å². The van der Waals surface area contributed by atoms with E-state index in [9.17, 15) is 17.6 Å². The Morgan fingerprint density at radius 2 is 2.14 bits per heavy atom. The van der Waals surface area contributed by atoms with Crippen LogP contribution in [0.1, 0.15) is 13.3 Å². The summed E-state index contributed by atoms with van der Waals surface area (Å²) in [5.74, 6) is -0.0108. The van der Waals surface area contributed by atoms with Crippen molar-refractivity contribution in [1.82, 2.24) is 5.32 Å². The number of sulfone groups is 1. The Balaban J connectivity index is 1.88. The molecule has 1 aliphatic rings. The van der Waals surface area contributed by atoms with Crippen LogP contribution in [0.2, 0.25) is 0 Å². The van der Waals surface area contributed by atoms with Gasteiger partial charge in [0.15, 0.2) is 9.84 Å². The summed E-state index contributed by atoms with van der Waals surface area (Å²) in [7, 11) is -2.89. The smallest absolute Gasteiger partial charge is 0.319 e. The molecule has 1 aliphatic heterocycles. The number of amides is 2. The number of halogens is 1. The zero-order chi connectivity index (χ0) is 16.2. The van der Waals surface area contributed by atoms with E-state index in [2.05, 4.69) is 10.6 Å². The molecule has 0 unspecified atom stereocenters. The first-order chi connectivity index (χ1) is 10.4. The molecule has 2 rings (SSSR count). The lowest BCUT2D eigenvalue weighted by molar-refractivity contribution is 0.250. The predicted molar refractivity (Wildman–Crippen MR) is 81.4 cm³/mol. The van der Waals surface area contributed by atoms with Gasteiger partial charge in [-0.1, -0.05) is 6.92 Å². The second-order valence-electron chi connectivity index (χ2n) is 5.27. The quantitative estimate of drug-likeness (QED) is 0.833. The Kier molecular flexibility index (Phi) is 5.23. The summed E-state index contributed by atoms with van der Waals surface area (Å²) in [6, 6.07) is 3.39. The topological polar surface area (TPSA) is 84.5 Å². The molecule has 1 aromatic rings. The summed E-state index contributed by atoms with van der Waals surface area (Å²) in [5.41, 5.74) is 0.369. The Morgan fingerprint density at radius 3 is 2.77 bits per heavy atom. The van der Waals surface area contributed by atoms with Crippen molar-refractivity contribution < 1.29 is 22.3 Å². The number of benzene rings is 1. The lowest BCUT2D eigenvalue weighted by atomic mass is 10.2. The van der Waals surface area contributed by atoms with E-state index in [1.165, 1.54) is 18.2 Å². The molecule has 2 amide bonds. The van der Waals surface area contributed by atoms with Gasteiger partial charge in [0.25, 0.3) is 0 Å². The molecule has 0 aromatic heterocycles. The van der Waals surface area contributed by atoms with Gasteiger partial charge < -0.3 is 15.4 Å². The number of carbonyl (C=O) groups is 1. The summed E-state index contributed by atoms with van der Waals surface area (Å²) < 4.78 is 40.7. The first kappa shape index (κ1) is 16.5. The van der Waals surface area contributed by atoms with Crippen molar-refractivity contribution in [3.05, 3.63) is 24.0 Å². The largest absolute Gasteiger partial charge is 0.491 e. The summed E-state index contributed by atoms with van der Waals surface area (Å²) in [6.45, 7) is 2.63. The first-order valence-corrected chi connectivity index (χ1v) is 8.89. The number of anilines is 1. The molecule has 0 spiro atoms. The van der Waals surface area contributed by atoms with Crippen molar-refractivity contribution in [2.45, 2.75) is 13.3 Å². The zero-order valence-corrected chi connectivity index (χ0v) is 13.1. The molecule has 0 bridgehead atoms. The maximum absolute atomic E-state index is 13.2. The standard InChI is InChI=1S/C14H19FN2O4S/c1-2-5-21-13-6-11(15)3-4-12(13)17-14(18)16-7-10-8-22(19,20)9-10/h3-4,6,10H,2,5,7-9H2,1H3,(H2,16,17,18). The third kappa shape index (κ3) is 4.59. The number of hydrogen-bond acceptors (Lipinski definition) is 4. The predicted octanol–water partition coefficient (Wildman–Crippen LogP) is 1.78. The second-order valence-corrected chi connectivity index (χ2v) is 7.42. The van der Waals surface area contributed by atoms with E-state index in [0.717, 1.165) is 6.42 Å². The maximum Gasteiger partial charge on any atom is 0.319 e. The second kappa shape index (κ2) is 6.95. The zero-order valence-electron chi connectivity index (χ0n) is 12.3. The van der Waals surface area contributed by atoms with Crippen molar-refractivity contribution in [2.75, 3.05) is 30.0 Å². The van der Waals surface area contributed by atoms with Gasteiger partial charge in [-0.2, -0.15) is 0 Å².